The zero-order chi connectivity index (χ0) is 13.0. The molecule has 0 aliphatic heterocycles. The number of halogens is 3. The number of rotatable bonds is 3. The number of carbonyl (C=O) groups is 1. The highest BCUT2D eigenvalue weighted by molar-refractivity contribution is 5.94. The molecule has 2 rings (SSSR count). The van der Waals surface area contributed by atoms with Gasteiger partial charge in [0.2, 0.25) is 0 Å². The van der Waals surface area contributed by atoms with Gasteiger partial charge in [0.15, 0.2) is 5.82 Å². The van der Waals surface area contributed by atoms with Gasteiger partial charge in [0.05, 0.1) is 11.8 Å². The Morgan fingerprint density at radius 1 is 1.40 bits per heavy atom. The van der Waals surface area contributed by atoms with Gasteiger partial charge < -0.3 is 11.1 Å². The minimum Gasteiger partial charge on any atom is -0.349 e. The largest absolute Gasteiger partial charge is 0.349 e. The van der Waals surface area contributed by atoms with Crippen molar-refractivity contribution in [1.82, 2.24) is 10.3 Å². The molecule has 1 heterocycles. The second-order valence-corrected chi connectivity index (χ2v) is 4.72. The van der Waals surface area contributed by atoms with Gasteiger partial charge in [-0.25, -0.2) is 4.39 Å². The summed E-state index contributed by atoms with van der Waals surface area (Å²) in [5.41, 5.74) is 5.75. The molecule has 2 atom stereocenters. The molecule has 0 bridgehead atoms. The van der Waals surface area contributed by atoms with E-state index in [1.165, 1.54) is 12.3 Å². The first kappa shape index (κ1) is 19.1. The van der Waals surface area contributed by atoms with E-state index in [-0.39, 0.29) is 42.3 Å². The number of hydrogen-bond donors (Lipinski definition) is 2. The van der Waals surface area contributed by atoms with Crippen LogP contribution in [0, 0.1) is 11.7 Å². The average molecular weight is 324 g/mol. The van der Waals surface area contributed by atoms with Gasteiger partial charge in [0.1, 0.15) is 0 Å². The van der Waals surface area contributed by atoms with Gasteiger partial charge in [0.25, 0.3) is 5.91 Å². The summed E-state index contributed by atoms with van der Waals surface area (Å²) in [6.45, 7) is 0.559. The molecule has 1 aromatic rings. The molecular formula is C13H20Cl2FN3O. The van der Waals surface area contributed by atoms with Crippen LogP contribution < -0.4 is 11.1 Å². The number of nitrogens with zero attached hydrogens (tertiary/aromatic N) is 1. The number of carbonyl (C=O) groups excluding carboxylic acids is 1. The lowest BCUT2D eigenvalue weighted by molar-refractivity contribution is 0.0904. The van der Waals surface area contributed by atoms with Gasteiger partial charge in [-0.1, -0.05) is 12.8 Å². The zero-order valence-corrected chi connectivity index (χ0v) is 12.7. The molecule has 4 nitrogen and oxygen atoms in total. The highest BCUT2D eigenvalue weighted by Gasteiger charge is 2.26. The first-order valence-electron chi connectivity index (χ1n) is 6.33. The summed E-state index contributed by atoms with van der Waals surface area (Å²) >= 11 is 0. The van der Waals surface area contributed by atoms with Crippen LogP contribution in [0.5, 0.6) is 0 Å². The van der Waals surface area contributed by atoms with Crippen molar-refractivity contribution in [1.29, 1.82) is 0 Å². The Balaban J connectivity index is 0.00000180. The fourth-order valence-corrected chi connectivity index (χ4v) is 2.49. The van der Waals surface area contributed by atoms with E-state index in [0.29, 0.717) is 12.5 Å². The molecule has 1 saturated carbocycles. The van der Waals surface area contributed by atoms with Crippen molar-refractivity contribution in [2.75, 3.05) is 6.54 Å². The van der Waals surface area contributed by atoms with Gasteiger partial charge in [-0.05, 0) is 31.4 Å². The maximum absolute atomic E-state index is 13.4. The standard InChI is InChI=1S/C13H18FN3O.2ClH/c14-11-8-16-6-5-10(11)13(18)17-12-4-2-1-3-9(12)7-15;;/h5-6,8-9,12H,1-4,7,15H2,(H,17,18);2*1H. The van der Waals surface area contributed by atoms with Gasteiger partial charge in [-0.3, -0.25) is 9.78 Å². The van der Waals surface area contributed by atoms with E-state index in [1.807, 2.05) is 0 Å². The first-order chi connectivity index (χ1) is 8.72. The fraction of sp³-hybridized carbons (Fsp3) is 0.538. The highest BCUT2D eigenvalue weighted by Crippen LogP contribution is 2.23. The first-order valence-corrected chi connectivity index (χ1v) is 6.33. The summed E-state index contributed by atoms with van der Waals surface area (Å²) in [5.74, 6) is -0.664. The van der Waals surface area contributed by atoms with Crippen LogP contribution in [-0.4, -0.2) is 23.5 Å². The molecule has 3 N–H and O–H groups in total. The molecule has 0 spiro atoms. The lowest BCUT2D eigenvalue weighted by Crippen LogP contribution is -2.44. The fourth-order valence-electron chi connectivity index (χ4n) is 2.49. The summed E-state index contributed by atoms with van der Waals surface area (Å²) in [7, 11) is 0. The Hall–Kier alpha value is -0.910. The lowest BCUT2D eigenvalue weighted by Gasteiger charge is -2.31. The number of hydrogen-bond acceptors (Lipinski definition) is 3. The molecule has 0 aromatic carbocycles. The van der Waals surface area contributed by atoms with Gasteiger partial charge in [-0.15, -0.1) is 24.8 Å². The molecule has 1 fully saturated rings. The van der Waals surface area contributed by atoms with Gasteiger partial charge in [0, 0.05) is 12.2 Å². The van der Waals surface area contributed by atoms with E-state index in [2.05, 4.69) is 10.3 Å². The molecule has 114 valence electrons. The van der Waals surface area contributed by atoms with E-state index in [1.54, 1.807) is 0 Å². The molecule has 20 heavy (non-hydrogen) atoms. The molecule has 1 aliphatic carbocycles. The van der Waals surface area contributed by atoms with Gasteiger partial charge >= 0.3 is 0 Å². The van der Waals surface area contributed by atoms with Crippen molar-refractivity contribution in [2.45, 2.75) is 31.7 Å². The maximum atomic E-state index is 13.4. The Kier molecular flexibility index (Phi) is 8.69. The van der Waals surface area contributed by atoms with Crippen LogP contribution in [0.2, 0.25) is 0 Å². The number of amides is 1. The minimum atomic E-state index is -0.588. The third-order valence-electron chi connectivity index (χ3n) is 3.55. The number of pyridine rings is 1. The summed E-state index contributed by atoms with van der Waals surface area (Å²) in [5, 5.41) is 2.89. The Morgan fingerprint density at radius 2 is 2.10 bits per heavy atom. The third-order valence-corrected chi connectivity index (χ3v) is 3.55. The monoisotopic (exact) mass is 323 g/mol. The normalized spacial score (nSPS) is 21.3. The number of nitrogens with one attached hydrogen (secondary N) is 1. The Morgan fingerprint density at radius 3 is 2.75 bits per heavy atom. The predicted octanol–water partition coefficient (Wildman–Crippen LogP) is 2.31. The molecule has 2 unspecified atom stereocenters. The Labute approximate surface area is 130 Å². The van der Waals surface area contributed by atoms with E-state index < -0.39 is 5.82 Å². The van der Waals surface area contributed by atoms with Crippen LogP contribution in [-0.2, 0) is 0 Å². The van der Waals surface area contributed by atoms with Crippen molar-refractivity contribution < 1.29 is 9.18 Å². The summed E-state index contributed by atoms with van der Waals surface area (Å²) < 4.78 is 13.4. The summed E-state index contributed by atoms with van der Waals surface area (Å²) in [4.78, 5) is 15.6. The van der Waals surface area contributed by atoms with Crippen LogP contribution >= 0.6 is 24.8 Å². The quantitative estimate of drug-likeness (QED) is 0.896. The van der Waals surface area contributed by atoms with Crippen molar-refractivity contribution in [3.63, 3.8) is 0 Å². The van der Waals surface area contributed by atoms with E-state index >= 15 is 0 Å². The van der Waals surface area contributed by atoms with Crippen molar-refractivity contribution in [2.24, 2.45) is 11.7 Å². The van der Waals surface area contributed by atoms with E-state index in [4.69, 9.17) is 5.73 Å². The topological polar surface area (TPSA) is 68.0 Å². The van der Waals surface area contributed by atoms with E-state index in [0.717, 1.165) is 31.9 Å². The van der Waals surface area contributed by atoms with Crippen LogP contribution in [0.3, 0.4) is 0 Å². The molecular weight excluding hydrogens is 304 g/mol. The zero-order valence-electron chi connectivity index (χ0n) is 11.0. The lowest BCUT2D eigenvalue weighted by atomic mass is 9.84. The third kappa shape index (κ3) is 4.58. The van der Waals surface area contributed by atoms with Crippen molar-refractivity contribution in [3.8, 4) is 0 Å². The highest BCUT2D eigenvalue weighted by atomic mass is 35.5. The van der Waals surface area contributed by atoms with Crippen LogP contribution in [0.25, 0.3) is 0 Å². The summed E-state index contributed by atoms with van der Waals surface area (Å²) in [6, 6.07) is 1.45. The molecule has 0 saturated heterocycles. The second-order valence-electron chi connectivity index (χ2n) is 4.72. The van der Waals surface area contributed by atoms with Gasteiger partial charge in [-0.2, -0.15) is 0 Å². The van der Waals surface area contributed by atoms with Crippen LogP contribution in [0.1, 0.15) is 36.0 Å². The maximum Gasteiger partial charge on any atom is 0.254 e. The molecule has 1 aliphatic rings. The predicted molar refractivity (Wildman–Crippen MR) is 81.0 cm³/mol. The van der Waals surface area contributed by atoms with Crippen LogP contribution in [0.15, 0.2) is 18.5 Å². The number of aromatic nitrogens is 1. The number of nitrogens with two attached hydrogens (primary N) is 1. The molecule has 7 heteroatoms. The molecule has 0 radical (unpaired) electrons. The average Bonchev–Trinajstić information content (AvgIpc) is 2.39. The van der Waals surface area contributed by atoms with E-state index in [9.17, 15) is 9.18 Å². The minimum absolute atomic E-state index is 0. The van der Waals surface area contributed by atoms with Crippen molar-refractivity contribution >= 4 is 30.7 Å². The second kappa shape index (κ2) is 9.10. The SMILES string of the molecule is Cl.Cl.NCC1CCCCC1NC(=O)c1ccncc1F. The Bertz CT molecular complexity index is 434. The smallest absolute Gasteiger partial charge is 0.254 e. The summed E-state index contributed by atoms with van der Waals surface area (Å²) in [6.07, 6.45) is 6.65. The van der Waals surface area contributed by atoms with Crippen LogP contribution in [0.4, 0.5) is 4.39 Å². The molecule has 1 aromatic heterocycles. The molecule has 1 amide bonds. The van der Waals surface area contributed by atoms with Crippen molar-refractivity contribution in [3.05, 3.63) is 29.8 Å².